The zero-order chi connectivity index (χ0) is 18.1. The van der Waals surface area contributed by atoms with Gasteiger partial charge < -0.3 is 10.2 Å². The van der Waals surface area contributed by atoms with Crippen molar-refractivity contribution in [3.8, 4) is 11.8 Å². The summed E-state index contributed by atoms with van der Waals surface area (Å²) in [6, 6.07) is 0. The number of aliphatic hydroxyl groups is 2. The van der Waals surface area contributed by atoms with E-state index in [4.69, 9.17) is 0 Å². The Morgan fingerprint density at radius 3 is 1.58 bits per heavy atom. The lowest BCUT2D eigenvalue weighted by Crippen LogP contribution is -2.24. The lowest BCUT2D eigenvalue weighted by molar-refractivity contribution is -0.110. The topological polar surface area (TPSA) is 40.5 Å². The van der Waals surface area contributed by atoms with Gasteiger partial charge in [-0.05, 0) is 18.8 Å². The fourth-order valence-electron chi connectivity index (χ4n) is 2.92. The van der Waals surface area contributed by atoms with E-state index in [1.165, 1.54) is 77.0 Å². The van der Waals surface area contributed by atoms with Crippen LogP contribution in [0.3, 0.4) is 0 Å². The van der Waals surface area contributed by atoms with E-state index < -0.39 is 5.79 Å². The predicted octanol–water partition coefficient (Wildman–Crippen LogP) is 6.20. The van der Waals surface area contributed by atoms with Gasteiger partial charge in [0, 0.05) is 12.3 Å². The SMILES string of the molecule is CCCCCCCCCCCCCCC(C#CC(O)(O)CC)CC. The average Bonchev–Trinajstić information content (AvgIpc) is 2.58. The van der Waals surface area contributed by atoms with Crippen LogP contribution in [0.1, 0.15) is 117 Å². The summed E-state index contributed by atoms with van der Waals surface area (Å²) in [5.74, 6) is 4.17. The summed E-state index contributed by atoms with van der Waals surface area (Å²) in [4.78, 5) is 0. The molecule has 24 heavy (non-hydrogen) atoms. The Kier molecular flexibility index (Phi) is 15.6. The molecule has 0 amide bonds. The Morgan fingerprint density at radius 1 is 0.708 bits per heavy atom. The lowest BCUT2D eigenvalue weighted by Gasteiger charge is -2.12. The Morgan fingerprint density at radius 2 is 1.17 bits per heavy atom. The molecule has 0 aliphatic heterocycles. The maximum Gasteiger partial charge on any atom is 0.228 e. The second kappa shape index (κ2) is 16.0. The zero-order valence-electron chi connectivity index (χ0n) is 16.6. The highest BCUT2D eigenvalue weighted by Gasteiger charge is 2.15. The van der Waals surface area contributed by atoms with Crippen LogP contribution in [-0.2, 0) is 0 Å². The maximum absolute atomic E-state index is 9.52. The molecule has 142 valence electrons. The van der Waals surface area contributed by atoms with Crippen molar-refractivity contribution in [2.75, 3.05) is 0 Å². The van der Waals surface area contributed by atoms with Crippen LogP contribution in [0.4, 0.5) is 0 Å². The molecular formula is C22H42O2. The van der Waals surface area contributed by atoms with Crippen LogP contribution < -0.4 is 0 Å². The first-order chi connectivity index (χ1) is 11.6. The van der Waals surface area contributed by atoms with Crippen LogP contribution in [-0.4, -0.2) is 16.0 Å². The summed E-state index contributed by atoms with van der Waals surface area (Å²) in [6.45, 7) is 6.13. The van der Waals surface area contributed by atoms with Gasteiger partial charge in [-0.25, -0.2) is 0 Å². The third kappa shape index (κ3) is 15.0. The molecule has 0 rings (SSSR count). The lowest BCUT2D eigenvalue weighted by atomic mass is 9.97. The van der Waals surface area contributed by atoms with Crippen LogP contribution >= 0.6 is 0 Å². The highest BCUT2D eigenvalue weighted by molar-refractivity contribution is 5.10. The van der Waals surface area contributed by atoms with Gasteiger partial charge in [0.1, 0.15) is 0 Å². The van der Waals surface area contributed by atoms with Crippen molar-refractivity contribution >= 4 is 0 Å². The van der Waals surface area contributed by atoms with Gasteiger partial charge in [-0.3, -0.25) is 0 Å². The van der Waals surface area contributed by atoms with Crippen molar-refractivity contribution < 1.29 is 10.2 Å². The van der Waals surface area contributed by atoms with E-state index >= 15 is 0 Å². The van der Waals surface area contributed by atoms with Crippen molar-refractivity contribution in [2.24, 2.45) is 5.92 Å². The molecule has 0 aromatic heterocycles. The van der Waals surface area contributed by atoms with Gasteiger partial charge >= 0.3 is 0 Å². The van der Waals surface area contributed by atoms with Crippen LogP contribution in [0.2, 0.25) is 0 Å². The normalized spacial score (nSPS) is 12.7. The van der Waals surface area contributed by atoms with Gasteiger partial charge in [-0.2, -0.15) is 0 Å². The molecule has 0 saturated heterocycles. The third-order valence-electron chi connectivity index (χ3n) is 4.87. The monoisotopic (exact) mass is 338 g/mol. The second-order valence-electron chi connectivity index (χ2n) is 7.22. The Bertz CT molecular complexity index is 325. The maximum atomic E-state index is 9.52. The van der Waals surface area contributed by atoms with E-state index in [1.807, 2.05) is 0 Å². The zero-order valence-corrected chi connectivity index (χ0v) is 16.6. The molecule has 0 spiro atoms. The molecular weight excluding hydrogens is 296 g/mol. The molecule has 0 aliphatic rings. The van der Waals surface area contributed by atoms with Gasteiger partial charge in [-0.15, -0.1) is 0 Å². The number of hydrogen-bond acceptors (Lipinski definition) is 2. The van der Waals surface area contributed by atoms with E-state index in [9.17, 15) is 10.2 Å². The molecule has 0 aliphatic carbocycles. The molecule has 0 bridgehead atoms. The van der Waals surface area contributed by atoms with Crippen molar-refractivity contribution in [1.82, 2.24) is 0 Å². The molecule has 0 heterocycles. The smallest absolute Gasteiger partial charge is 0.228 e. The van der Waals surface area contributed by atoms with Crippen molar-refractivity contribution in [1.29, 1.82) is 0 Å². The van der Waals surface area contributed by atoms with Gasteiger partial charge in [0.25, 0.3) is 0 Å². The minimum absolute atomic E-state index is 0.259. The molecule has 1 atom stereocenters. The molecule has 0 aromatic carbocycles. The summed E-state index contributed by atoms with van der Waals surface area (Å²) in [7, 11) is 0. The molecule has 0 aromatic rings. The van der Waals surface area contributed by atoms with Crippen LogP contribution in [0.15, 0.2) is 0 Å². The summed E-state index contributed by atoms with van der Waals surface area (Å²) in [6.07, 6.45) is 18.7. The summed E-state index contributed by atoms with van der Waals surface area (Å²) in [5.41, 5.74) is 0. The molecule has 0 fully saturated rings. The van der Waals surface area contributed by atoms with Crippen LogP contribution in [0.5, 0.6) is 0 Å². The fourth-order valence-corrected chi connectivity index (χ4v) is 2.92. The molecule has 2 nitrogen and oxygen atoms in total. The largest absolute Gasteiger partial charge is 0.356 e. The summed E-state index contributed by atoms with van der Waals surface area (Å²) >= 11 is 0. The minimum atomic E-state index is -1.80. The van der Waals surface area contributed by atoms with E-state index in [2.05, 4.69) is 25.7 Å². The Balaban J connectivity index is 3.51. The summed E-state index contributed by atoms with van der Waals surface area (Å²) in [5, 5.41) is 19.0. The number of unbranched alkanes of at least 4 members (excludes halogenated alkanes) is 11. The molecule has 0 radical (unpaired) electrons. The van der Waals surface area contributed by atoms with Gasteiger partial charge in [-0.1, -0.05) is 104 Å². The quantitative estimate of drug-likeness (QED) is 0.212. The van der Waals surface area contributed by atoms with Crippen molar-refractivity contribution in [3.05, 3.63) is 0 Å². The Hall–Kier alpha value is -0.520. The van der Waals surface area contributed by atoms with Gasteiger partial charge in [0.05, 0.1) is 0 Å². The molecule has 1 unspecified atom stereocenters. The first-order valence-corrected chi connectivity index (χ1v) is 10.5. The Labute approximate surface area is 151 Å². The highest BCUT2D eigenvalue weighted by Crippen LogP contribution is 2.16. The first kappa shape index (κ1) is 23.5. The van der Waals surface area contributed by atoms with Gasteiger partial charge in [0.2, 0.25) is 5.79 Å². The second-order valence-corrected chi connectivity index (χ2v) is 7.22. The van der Waals surface area contributed by atoms with Crippen LogP contribution in [0, 0.1) is 17.8 Å². The highest BCUT2D eigenvalue weighted by atomic mass is 16.5. The minimum Gasteiger partial charge on any atom is -0.356 e. The third-order valence-corrected chi connectivity index (χ3v) is 4.87. The van der Waals surface area contributed by atoms with E-state index in [0.29, 0.717) is 5.92 Å². The number of hydrogen-bond donors (Lipinski definition) is 2. The predicted molar refractivity (Wildman–Crippen MR) is 105 cm³/mol. The van der Waals surface area contributed by atoms with Crippen LogP contribution in [0.25, 0.3) is 0 Å². The van der Waals surface area contributed by atoms with E-state index in [-0.39, 0.29) is 6.42 Å². The average molecular weight is 339 g/mol. The van der Waals surface area contributed by atoms with Crippen molar-refractivity contribution in [3.63, 3.8) is 0 Å². The standard InChI is InChI=1S/C22H42O2/c1-4-7-8-9-10-11-12-13-14-15-16-17-18-21(5-2)19-20-22(23,24)6-3/h21,23-24H,4-18H2,1-3H3. The molecule has 0 saturated carbocycles. The molecule has 2 heteroatoms. The number of rotatable bonds is 15. The van der Waals surface area contributed by atoms with Gasteiger partial charge in [0.15, 0.2) is 0 Å². The van der Waals surface area contributed by atoms with Crippen molar-refractivity contribution in [2.45, 2.75) is 123 Å². The van der Waals surface area contributed by atoms with E-state index in [0.717, 1.165) is 12.8 Å². The fraction of sp³-hybridized carbons (Fsp3) is 0.909. The molecule has 2 N–H and O–H groups in total. The summed E-state index contributed by atoms with van der Waals surface area (Å²) < 4.78 is 0. The van der Waals surface area contributed by atoms with E-state index in [1.54, 1.807) is 6.92 Å². The first-order valence-electron chi connectivity index (χ1n) is 10.5.